The van der Waals surface area contributed by atoms with E-state index in [-0.39, 0.29) is 0 Å². The van der Waals surface area contributed by atoms with Gasteiger partial charge in [0.25, 0.3) is 5.95 Å². The van der Waals surface area contributed by atoms with Gasteiger partial charge in [0.2, 0.25) is 0 Å². The molecule has 5 nitrogen and oxygen atoms in total. The predicted octanol–water partition coefficient (Wildman–Crippen LogP) is 1.97. The second kappa shape index (κ2) is 3.99. The van der Waals surface area contributed by atoms with Gasteiger partial charge in [0.05, 0.1) is 16.8 Å². The second-order valence-electron chi connectivity index (χ2n) is 3.40. The first-order chi connectivity index (χ1) is 8.34. The highest BCUT2D eigenvalue weighted by Gasteiger charge is 2.11. The highest BCUT2D eigenvalue weighted by atomic mass is 32.1. The molecule has 0 aliphatic rings. The lowest BCUT2D eigenvalue weighted by atomic mass is 10.3. The zero-order valence-electron chi connectivity index (χ0n) is 8.82. The minimum absolute atomic E-state index is 0.516. The van der Waals surface area contributed by atoms with Crippen molar-refractivity contribution in [1.82, 2.24) is 19.7 Å². The lowest BCUT2D eigenvalue weighted by Gasteiger charge is -1.96. The SMILES string of the molecule is Nc1cn(-c2ncccn2)nc1-c1cccs1. The molecule has 0 unspecified atom stereocenters. The van der Waals surface area contributed by atoms with Crippen molar-refractivity contribution in [2.24, 2.45) is 0 Å². The lowest BCUT2D eigenvalue weighted by molar-refractivity contribution is 0.811. The maximum atomic E-state index is 5.94. The molecule has 0 atom stereocenters. The van der Waals surface area contributed by atoms with E-state index in [0.717, 1.165) is 10.6 Å². The largest absolute Gasteiger partial charge is 0.396 e. The Labute approximate surface area is 102 Å². The van der Waals surface area contributed by atoms with Crippen LogP contribution in [0.1, 0.15) is 0 Å². The van der Waals surface area contributed by atoms with Crippen LogP contribution in [0.2, 0.25) is 0 Å². The Morgan fingerprint density at radius 1 is 1.18 bits per heavy atom. The quantitative estimate of drug-likeness (QED) is 0.747. The summed E-state index contributed by atoms with van der Waals surface area (Å²) in [4.78, 5) is 9.28. The topological polar surface area (TPSA) is 69.6 Å². The number of rotatable bonds is 2. The molecule has 2 N–H and O–H groups in total. The van der Waals surface area contributed by atoms with Crippen LogP contribution in [0.25, 0.3) is 16.5 Å². The van der Waals surface area contributed by atoms with E-state index >= 15 is 0 Å². The van der Waals surface area contributed by atoms with Crippen molar-refractivity contribution in [2.45, 2.75) is 0 Å². The summed E-state index contributed by atoms with van der Waals surface area (Å²) in [5, 5.41) is 6.39. The maximum absolute atomic E-state index is 5.94. The predicted molar refractivity (Wildman–Crippen MR) is 66.9 cm³/mol. The number of nitrogens with zero attached hydrogens (tertiary/aromatic N) is 4. The molecule has 0 aliphatic carbocycles. The molecule has 0 saturated heterocycles. The normalized spacial score (nSPS) is 10.6. The van der Waals surface area contributed by atoms with Crippen LogP contribution in [0.4, 0.5) is 5.69 Å². The van der Waals surface area contributed by atoms with Crippen LogP contribution < -0.4 is 5.73 Å². The van der Waals surface area contributed by atoms with Crippen molar-refractivity contribution in [2.75, 3.05) is 5.73 Å². The molecule has 84 valence electrons. The second-order valence-corrected chi connectivity index (χ2v) is 4.35. The van der Waals surface area contributed by atoms with E-state index in [1.165, 1.54) is 0 Å². The average molecular weight is 243 g/mol. The Morgan fingerprint density at radius 2 is 2.00 bits per heavy atom. The number of anilines is 1. The van der Waals surface area contributed by atoms with Crippen molar-refractivity contribution in [3.63, 3.8) is 0 Å². The fourth-order valence-corrected chi connectivity index (χ4v) is 2.24. The first kappa shape index (κ1) is 9.98. The Balaban J connectivity index is 2.08. The third-order valence-corrected chi connectivity index (χ3v) is 3.13. The summed E-state index contributed by atoms with van der Waals surface area (Å²) in [6, 6.07) is 5.72. The minimum Gasteiger partial charge on any atom is -0.396 e. The number of nitrogens with two attached hydrogens (primary N) is 1. The molecular weight excluding hydrogens is 234 g/mol. The third-order valence-electron chi connectivity index (χ3n) is 2.25. The number of aromatic nitrogens is 4. The van der Waals surface area contributed by atoms with Gasteiger partial charge in [0, 0.05) is 12.4 Å². The monoisotopic (exact) mass is 243 g/mol. The Kier molecular flexibility index (Phi) is 2.34. The summed E-state index contributed by atoms with van der Waals surface area (Å²) in [5.74, 6) is 0.516. The molecule has 3 rings (SSSR count). The van der Waals surface area contributed by atoms with E-state index in [1.807, 2.05) is 17.5 Å². The van der Waals surface area contributed by atoms with Crippen molar-refractivity contribution in [3.8, 4) is 16.5 Å². The molecule has 3 aromatic heterocycles. The standard InChI is InChI=1S/C11H9N5S/c12-8-7-16(11-13-4-2-5-14-11)15-10(8)9-3-1-6-17-9/h1-7H,12H2. The molecule has 3 aromatic rings. The number of thiophene rings is 1. The third kappa shape index (κ3) is 1.78. The summed E-state index contributed by atoms with van der Waals surface area (Å²) < 4.78 is 1.59. The fourth-order valence-electron chi connectivity index (χ4n) is 1.50. The number of hydrogen-bond acceptors (Lipinski definition) is 5. The molecule has 0 aliphatic heterocycles. The van der Waals surface area contributed by atoms with Crippen molar-refractivity contribution in [3.05, 3.63) is 42.2 Å². The smallest absolute Gasteiger partial charge is 0.250 e. The first-order valence-electron chi connectivity index (χ1n) is 5.01. The molecule has 0 amide bonds. The molecule has 6 heteroatoms. The highest BCUT2D eigenvalue weighted by Crippen LogP contribution is 2.28. The highest BCUT2D eigenvalue weighted by molar-refractivity contribution is 7.13. The van der Waals surface area contributed by atoms with Crippen LogP contribution in [0.3, 0.4) is 0 Å². The van der Waals surface area contributed by atoms with E-state index < -0.39 is 0 Å². The average Bonchev–Trinajstić information content (AvgIpc) is 2.99. The van der Waals surface area contributed by atoms with E-state index in [0.29, 0.717) is 11.6 Å². The van der Waals surface area contributed by atoms with Crippen LogP contribution >= 0.6 is 11.3 Å². The van der Waals surface area contributed by atoms with Gasteiger partial charge in [-0.3, -0.25) is 0 Å². The molecule has 0 bridgehead atoms. The van der Waals surface area contributed by atoms with Gasteiger partial charge in [-0.05, 0) is 17.5 Å². The molecule has 0 spiro atoms. The molecule has 0 aromatic carbocycles. The van der Waals surface area contributed by atoms with Crippen LogP contribution in [0.5, 0.6) is 0 Å². The summed E-state index contributed by atoms with van der Waals surface area (Å²) in [5.41, 5.74) is 7.33. The van der Waals surface area contributed by atoms with Crippen LogP contribution in [-0.4, -0.2) is 19.7 Å². The first-order valence-corrected chi connectivity index (χ1v) is 5.89. The Hall–Kier alpha value is -2.21. The maximum Gasteiger partial charge on any atom is 0.250 e. The van der Waals surface area contributed by atoms with Crippen LogP contribution in [0, 0.1) is 0 Å². The van der Waals surface area contributed by atoms with Crippen molar-refractivity contribution >= 4 is 17.0 Å². The van der Waals surface area contributed by atoms with E-state index in [4.69, 9.17) is 5.73 Å². The van der Waals surface area contributed by atoms with Gasteiger partial charge >= 0.3 is 0 Å². The molecule has 0 fully saturated rings. The van der Waals surface area contributed by atoms with Gasteiger partial charge in [0.1, 0.15) is 5.69 Å². The number of nitrogen functional groups attached to an aromatic ring is 1. The van der Waals surface area contributed by atoms with Gasteiger partial charge in [0.15, 0.2) is 0 Å². The van der Waals surface area contributed by atoms with Gasteiger partial charge in [-0.25, -0.2) is 14.6 Å². The summed E-state index contributed by atoms with van der Waals surface area (Å²) in [7, 11) is 0. The van der Waals surface area contributed by atoms with Gasteiger partial charge in [-0.1, -0.05) is 6.07 Å². The van der Waals surface area contributed by atoms with Crippen molar-refractivity contribution < 1.29 is 0 Å². The Bertz CT molecular complexity index is 615. The van der Waals surface area contributed by atoms with Gasteiger partial charge < -0.3 is 5.73 Å². The molecule has 3 heterocycles. The van der Waals surface area contributed by atoms with Crippen molar-refractivity contribution in [1.29, 1.82) is 0 Å². The Morgan fingerprint density at radius 3 is 2.71 bits per heavy atom. The minimum atomic E-state index is 0.516. The summed E-state index contributed by atoms with van der Waals surface area (Å²) >= 11 is 1.60. The van der Waals surface area contributed by atoms with Crippen LogP contribution in [-0.2, 0) is 0 Å². The van der Waals surface area contributed by atoms with E-state index in [1.54, 1.807) is 40.7 Å². The van der Waals surface area contributed by atoms with Gasteiger partial charge in [-0.15, -0.1) is 11.3 Å². The molecule has 0 saturated carbocycles. The zero-order chi connectivity index (χ0) is 11.7. The molecular formula is C11H9N5S. The molecule has 17 heavy (non-hydrogen) atoms. The van der Waals surface area contributed by atoms with E-state index in [9.17, 15) is 0 Å². The van der Waals surface area contributed by atoms with E-state index in [2.05, 4.69) is 15.1 Å². The molecule has 0 radical (unpaired) electrons. The summed E-state index contributed by atoms with van der Waals surface area (Å²) in [6.45, 7) is 0. The fraction of sp³-hybridized carbons (Fsp3) is 0. The lowest BCUT2D eigenvalue weighted by Crippen LogP contribution is -2.00. The summed E-state index contributed by atoms with van der Waals surface area (Å²) in [6.07, 6.45) is 5.07. The van der Waals surface area contributed by atoms with Crippen LogP contribution in [0.15, 0.2) is 42.2 Å². The number of hydrogen-bond donors (Lipinski definition) is 1. The van der Waals surface area contributed by atoms with Gasteiger partial charge in [-0.2, -0.15) is 5.10 Å². The zero-order valence-corrected chi connectivity index (χ0v) is 9.63.